The summed E-state index contributed by atoms with van der Waals surface area (Å²) in [5.41, 5.74) is 2.45. The van der Waals surface area contributed by atoms with Gasteiger partial charge < -0.3 is 9.68 Å². The summed E-state index contributed by atoms with van der Waals surface area (Å²) in [6, 6.07) is 20.4. The van der Waals surface area contributed by atoms with E-state index in [-0.39, 0.29) is 11.8 Å². The molecule has 2 heterocycles. The molecule has 0 radical (unpaired) electrons. The van der Waals surface area contributed by atoms with Gasteiger partial charge in [-0.05, 0) is 48.6 Å². The van der Waals surface area contributed by atoms with Gasteiger partial charge in [0, 0.05) is 26.2 Å². The minimum Gasteiger partial charge on any atom is -0.359 e. The third-order valence-corrected chi connectivity index (χ3v) is 5.90. The van der Waals surface area contributed by atoms with Gasteiger partial charge in [0.25, 0.3) is 0 Å². The summed E-state index contributed by atoms with van der Waals surface area (Å²) in [6.07, 6.45) is 3.90. The molecule has 0 bridgehead atoms. The van der Waals surface area contributed by atoms with Crippen LogP contribution in [0.5, 0.6) is 0 Å². The first-order chi connectivity index (χ1) is 14.7. The first-order valence-electron chi connectivity index (χ1n) is 10.7. The second-order valence-corrected chi connectivity index (χ2v) is 8.03. The molecule has 0 spiro atoms. The molecule has 2 aromatic rings. The van der Waals surface area contributed by atoms with Gasteiger partial charge in [-0.3, -0.25) is 0 Å². The highest BCUT2D eigenvalue weighted by Gasteiger charge is 2.30. The van der Waals surface area contributed by atoms with Crippen molar-refractivity contribution in [2.45, 2.75) is 37.5 Å². The Bertz CT molecular complexity index is 771. The minimum atomic E-state index is -0.953. The number of carbonyl (C=O) groups is 2. The van der Waals surface area contributed by atoms with Crippen LogP contribution in [0.25, 0.3) is 0 Å². The summed E-state index contributed by atoms with van der Waals surface area (Å²) in [5, 5.41) is 3.18. The Balaban J connectivity index is 1.28. The molecule has 2 saturated heterocycles. The van der Waals surface area contributed by atoms with E-state index in [4.69, 9.17) is 9.68 Å². The molecule has 2 atom stereocenters. The van der Waals surface area contributed by atoms with Gasteiger partial charge in [0.2, 0.25) is 0 Å². The molecule has 0 aromatic heterocycles. The number of carbonyl (C=O) groups excluding carboxylic acids is 2. The second kappa shape index (κ2) is 9.87. The molecule has 4 rings (SSSR count). The fourth-order valence-corrected chi connectivity index (χ4v) is 4.35. The van der Waals surface area contributed by atoms with Crippen molar-refractivity contribution >= 4 is 11.9 Å². The van der Waals surface area contributed by atoms with Gasteiger partial charge in [0.1, 0.15) is 0 Å². The highest BCUT2D eigenvalue weighted by atomic mass is 16.8. The van der Waals surface area contributed by atoms with E-state index in [1.165, 1.54) is 11.1 Å². The van der Waals surface area contributed by atoms with E-state index < -0.39 is 11.9 Å². The largest absolute Gasteiger partial charge is 0.438 e. The van der Waals surface area contributed by atoms with Crippen molar-refractivity contribution in [3.63, 3.8) is 0 Å². The molecule has 30 heavy (non-hydrogen) atoms. The predicted octanol–water partition coefficient (Wildman–Crippen LogP) is 3.66. The third-order valence-electron chi connectivity index (χ3n) is 5.90. The molecule has 158 valence electrons. The molecular formula is C24H28N2O4. The topological polar surface area (TPSA) is 59.1 Å². The van der Waals surface area contributed by atoms with Gasteiger partial charge in [-0.1, -0.05) is 60.7 Å². The molecule has 6 heteroatoms. The Kier molecular flexibility index (Phi) is 6.77. The molecule has 2 aromatic carbocycles. The van der Waals surface area contributed by atoms with Crippen molar-refractivity contribution in [1.29, 1.82) is 0 Å². The first-order valence-corrected chi connectivity index (χ1v) is 10.7. The van der Waals surface area contributed by atoms with Gasteiger partial charge in [0.15, 0.2) is 0 Å². The normalized spacial score (nSPS) is 22.9. The van der Waals surface area contributed by atoms with Crippen LogP contribution in [0.3, 0.4) is 0 Å². The number of benzene rings is 2. The lowest BCUT2D eigenvalue weighted by atomic mass is 9.92. The van der Waals surface area contributed by atoms with E-state index in [1.807, 2.05) is 36.4 Å². The average molecular weight is 408 g/mol. The van der Waals surface area contributed by atoms with Crippen LogP contribution in [0.15, 0.2) is 60.7 Å². The monoisotopic (exact) mass is 408 g/mol. The van der Waals surface area contributed by atoms with Crippen molar-refractivity contribution in [2.24, 2.45) is 0 Å². The van der Waals surface area contributed by atoms with Crippen LogP contribution in [0.1, 0.15) is 48.6 Å². The zero-order valence-corrected chi connectivity index (χ0v) is 17.1. The summed E-state index contributed by atoms with van der Waals surface area (Å²) in [7, 11) is 0. The van der Waals surface area contributed by atoms with E-state index in [0.717, 1.165) is 25.7 Å². The Morgan fingerprint density at radius 3 is 1.47 bits per heavy atom. The van der Waals surface area contributed by atoms with Crippen LogP contribution in [0.2, 0.25) is 0 Å². The predicted molar refractivity (Wildman–Crippen MR) is 112 cm³/mol. The van der Waals surface area contributed by atoms with Crippen LogP contribution in [0.4, 0.5) is 0 Å². The van der Waals surface area contributed by atoms with Crippen LogP contribution in [-0.2, 0) is 19.3 Å². The van der Waals surface area contributed by atoms with Crippen molar-refractivity contribution in [3.05, 3.63) is 71.8 Å². The fourth-order valence-electron chi connectivity index (χ4n) is 4.35. The van der Waals surface area contributed by atoms with Gasteiger partial charge in [0.05, 0.1) is 0 Å². The molecule has 0 N–H and O–H groups in total. The highest BCUT2D eigenvalue weighted by molar-refractivity contribution is 6.29. The molecular weight excluding hydrogens is 380 g/mol. The number of hydroxylamine groups is 4. The summed E-state index contributed by atoms with van der Waals surface area (Å²) >= 11 is 0. The summed E-state index contributed by atoms with van der Waals surface area (Å²) in [6.45, 7) is 2.43. The molecule has 0 aliphatic carbocycles. The molecule has 2 aliphatic heterocycles. The standard InChI is InChI=1S/C24H28N2O4/c27-23(29-25-15-7-13-21(17-25)19-9-3-1-4-10-19)24(28)30-26-16-8-14-22(18-26)20-11-5-2-6-12-20/h1-6,9-12,21-22H,7-8,13-18H2. The van der Waals surface area contributed by atoms with E-state index in [9.17, 15) is 9.59 Å². The highest BCUT2D eigenvalue weighted by Crippen LogP contribution is 2.28. The van der Waals surface area contributed by atoms with Crippen LogP contribution >= 0.6 is 0 Å². The Hall–Kier alpha value is -2.70. The summed E-state index contributed by atoms with van der Waals surface area (Å²) in [5.74, 6) is -1.33. The van der Waals surface area contributed by atoms with E-state index in [1.54, 1.807) is 10.1 Å². The Morgan fingerprint density at radius 1 is 0.667 bits per heavy atom. The lowest BCUT2D eigenvalue weighted by Gasteiger charge is -2.32. The van der Waals surface area contributed by atoms with Crippen molar-refractivity contribution in [3.8, 4) is 0 Å². The summed E-state index contributed by atoms with van der Waals surface area (Å²) in [4.78, 5) is 35.3. The maximum Gasteiger partial charge on any atom is 0.438 e. The van der Waals surface area contributed by atoms with Crippen LogP contribution in [0, 0.1) is 0 Å². The van der Waals surface area contributed by atoms with Crippen molar-refractivity contribution < 1.29 is 19.3 Å². The smallest absolute Gasteiger partial charge is 0.359 e. The zero-order chi connectivity index (χ0) is 20.8. The lowest BCUT2D eigenvalue weighted by Crippen LogP contribution is -2.42. The molecule has 0 amide bonds. The van der Waals surface area contributed by atoms with Gasteiger partial charge >= 0.3 is 11.9 Å². The maximum atomic E-state index is 12.3. The first kappa shape index (κ1) is 20.6. The number of rotatable bonds is 4. The van der Waals surface area contributed by atoms with Crippen LogP contribution < -0.4 is 0 Å². The number of hydrogen-bond donors (Lipinski definition) is 0. The quantitative estimate of drug-likeness (QED) is 0.720. The Morgan fingerprint density at radius 2 is 1.07 bits per heavy atom. The number of nitrogens with zero attached hydrogens (tertiary/aromatic N) is 2. The van der Waals surface area contributed by atoms with Gasteiger partial charge in [-0.15, -0.1) is 10.1 Å². The van der Waals surface area contributed by atoms with E-state index in [2.05, 4.69) is 24.3 Å². The molecule has 2 fully saturated rings. The summed E-state index contributed by atoms with van der Waals surface area (Å²) < 4.78 is 0. The fraction of sp³-hybridized carbons (Fsp3) is 0.417. The van der Waals surface area contributed by atoms with Crippen LogP contribution in [-0.4, -0.2) is 48.2 Å². The molecule has 2 unspecified atom stereocenters. The molecule has 2 aliphatic rings. The lowest BCUT2D eigenvalue weighted by molar-refractivity contribution is -0.223. The molecule has 6 nitrogen and oxygen atoms in total. The second-order valence-electron chi connectivity index (χ2n) is 8.03. The van der Waals surface area contributed by atoms with Gasteiger partial charge in [-0.25, -0.2) is 9.59 Å². The van der Waals surface area contributed by atoms with Crippen molar-refractivity contribution in [1.82, 2.24) is 10.1 Å². The Labute approximate surface area is 177 Å². The van der Waals surface area contributed by atoms with E-state index in [0.29, 0.717) is 26.2 Å². The molecule has 0 saturated carbocycles. The SMILES string of the molecule is O=C(ON1CCCC(c2ccccc2)C1)C(=O)ON1CCCC(c2ccccc2)C1. The number of piperidine rings is 2. The minimum absolute atomic E-state index is 0.289. The zero-order valence-electron chi connectivity index (χ0n) is 17.1. The van der Waals surface area contributed by atoms with E-state index >= 15 is 0 Å². The average Bonchev–Trinajstić information content (AvgIpc) is 2.80. The maximum absolute atomic E-state index is 12.3. The third kappa shape index (κ3) is 5.26. The number of hydrogen-bond acceptors (Lipinski definition) is 6. The van der Waals surface area contributed by atoms with Crippen molar-refractivity contribution in [2.75, 3.05) is 26.2 Å². The van der Waals surface area contributed by atoms with Gasteiger partial charge in [-0.2, -0.15) is 0 Å².